The van der Waals surface area contributed by atoms with E-state index in [0.29, 0.717) is 12.0 Å². The highest BCUT2D eigenvalue weighted by Crippen LogP contribution is 2.25. The summed E-state index contributed by atoms with van der Waals surface area (Å²) in [6.07, 6.45) is 0.338. The van der Waals surface area contributed by atoms with Crippen molar-refractivity contribution in [3.8, 4) is 0 Å². The molecule has 0 amide bonds. The zero-order chi connectivity index (χ0) is 18.3. The lowest BCUT2D eigenvalue weighted by Gasteiger charge is -2.24. The van der Waals surface area contributed by atoms with Gasteiger partial charge in [0.25, 0.3) is 10.1 Å². The van der Waals surface area contributed by atoms with Gasteiger partial charge in [0.1, 0.15) is 0 Å². The van der Waals surface area contributed by atoms with Gasteiger partial charge < -0.3 is 9.84 Å². The van der Waals surface area contributed by atoms with Gasteiger partial charge in [-0.15, -0.1) is 0 Å². The largest absolute Gasteiger partial charge is 0.614 e. The zero-order valence-electron chi connectivity index (χ0n) is 14.7. The standard InChI is InChI=1S/C18H26O5S/c1-6-22-18(19)15(5)17(13(2)3)11-12-23-24(20,21)16-9-7-14(4)8-10-16/h7-10,17,19H,2,6,11-12H2,1,3-5H3/p-1/b18-15-. The van der Waals surface area contributed by atoms with Crippen molar-refractivity contribution < 1.29 is 22.4 Å². The topological polar surface area (TPSA) is 75.7 Å². The Kier molecular flexibility index (Phi) is 7.51. The van der Waals surface area contributed by atoms with Gasteiger partial charge in [0, 0.05) is 5.92 Å². The third kappa shape index (κ3) is 5.69. The van der Waals surface area contributed by atoms with Gasteiger partial charge in [0.05, 0.1) is 17.4 Å². The highest BCUT2D eigenvalue weighted by Gasteiger charge is 2.18. The van der Waals surface area contributed by atoms with Crippen LogP contribution in [0.2, 0.25) is 0 Å². The lowest BCUT2D eigenvalue weighted by molar-refractivity contribution is -0.359. The first kappa shape index (κ1) is 20.3. The maximum atomic E-state index is 12.2. The van der Waals surface area contributed by atoms with Gasteiger partial charge in [-0.25, -0.2) is 0 Å². The van der Waals surface area contributed by atoms with Gasteiger partial charge >= 0.3 is 0 Å². The fraction of sp³-hybridized carbons (Fsp3) is 0.444. The SMILES string of the molecule is C=C(C)C(CCOS(=O)(=O)c1ccc(C)cc1)/C(C)=C(/[O-])OCC. The number of allylic oxidation sites excluding steroid dienone is 2. The summed E-state index contributed by atoms with van der Waals surface area (Å²) in [6.45, 7) is 11.2. The van der Waals surface area contributed by atoms with Crippen LogP contribution < -0.4 is 5.11 Å². The van der Waals surface area contributed by atoms with Gasteiger partial charge in [0.2, 0.25) is 0 Å². The lowest BCUT2D eigenvalue weighted by Crippen LogP contribution is -2.18. The highest BCUT2D eigenvalue weighted by atomic mass is 32.2. The average Bonchev–Trinajstić information content (AvgIpc) is 2.51. The fourth-order valence-electron chi connectivity index (χ4n) is 2.27. The number of hydrogen-bond acceptors (Lipinski definition) is 5. The van der Waals surface area contributed by atoms with E-state index in [1.165, 1.54) is 12.1 Å². The first-order valence-electron chi connectivity index (χ1n) is 7.81. The molecule has 1 rings (SSSR count). The summed E-state index contributed by atoms with van der Waals surface area (Å²) in [4.78, 5) is 0.117. The van der Waals surface area contributed by atoms with E-state index in [2.05, 4.69) is 6.58 Å². The molecule has 0 N–H and O–H groups in total. The van der Waals surface area contributed by atoms with E-state index in [0.717, 1.165) is 11.1 Å². The predicted octanol–water partition coefficient (Wildman–Crippen LogP) is 2.91. The van der Waals surface area contributed by atoms with E-state index in [1.807, 2.05) is 6.92 Å². The summed E-state index contributed by atoms with van der Waals surface area (Å²) < 4.78 is 34.4. The molecule has 1 unspecified atom stereocenters. The molecule has 0 fully saturated rings. The monoisotopic (exact) mass is 353 g/mol. The van der Waals surface area contributed by atoms with Crippen LogP contribution in [-0.4, -0.2) is 21.6 Å². The molecule has 0 aliphatic rings. The van der Waals surface area contributed by atoms with Crippen molar-refractivity contribution in [3.63, 3.8) is 0 Å². The Hall–Kier alpha value is -1.79. The number of aryl methyl sites for hydroxylation is 1. The van der Waals surface area contributed by atoms with Gasteiger partial charge in [-0.1, -0.05) is 36.8 Å². The third-order valence-corrected chi connectivity index (χ3v) is 5.00. The van der Waals surface area contributed by atoms with E-state index in [9.17, 15) is 13.5 Å². The van der Waals surface area contributed by atoms with Crippen molar-refractivity contribution >= 4 is 10.1 Å². The molecule has 0 saturated carbocycles. The van der Waals surface area contributed by atoms with Crippen molar-refractivity contribution in [1.82, 2.24) is 0 Å². The van der Waals surface area contributed by atoms with Crippen LogP contribution in [0, 0.1) is 12.8 Å². The highest BCUT2D eigenvalue weighted by molar-refractivity contribution is 7.86. The predicted molar refractivity (Wildman–Crippen MR) is 91.6 cm³/mol. The Balaban J connectivity index is 2.77. The minimum Gasteiger partial charge on any atom is -0.614 e. The molecule has 0 heterocycles. The Labute approximate surface area is 144 Å². The summed E-state index contributed by atoms with van der Waals surface area (Å²) in [7, 11) is -3.81. The molecule has 1 aromatic rings. The van der Waals surface area contributed by atoms with Gasteiger partial charge in [0.15, 0.2) is 0 Å². The minimum atomic E-state index is -3.81. The van der Waals surface area contributed by atoms with Crippen LogP contribution in [-0.2, 0) is 19.0 Å². The summed E-state index contributed by atoms with van der Waals surface area (Å²) in [6, 6.07) is 6.45. The average molecular weight is 353 g/mol. The van der Waals surface area contributed by atoms with Crippen molar-refractivity contribution in [2.75, 3.05) is 13.2 Å². The van der Waals surface area contributed by atoms with Gasteiger partial charge in [-0.3, -0.25) is 4.18 Å². The van der Waals surface area contributed by atoms with Crippen molar-refractivity contribution in [1.29, 1.82) is 0 Å². The summed E-state index contributed by atoms with van der Waals surface area (Å²) in [5.41, 5.74) is 2.23. The fourth-order valence-corrected chi connectivity index (χ4v) is 3.19. The van der Waals surface area contributed by atoms with Crippen molar-refractivity contribution in [3.05, 3.63) is 53.5 Å². The number of ether oxygens (including phenoxy) is 1. The molecule has 134 valence electrons. The number of rotatable bonds is 9. The van der Waals surface area contributed by atoms with E-state index in [-0.39, 0.29) is 24.0 Å². The minimum absolute atomic E-state index is 0.0372. The second-order valence-corrected chi connectivity index (χ2v) is 7.30. The number of benzene rings is 1. The van der Waals surface area contributed by atoms with E-state index >= 15 is 0 Å². The normalized spacial score (nSPS) is 14.0. The molecular weight excluding hydrogens is 328 g/mol. The smallest absolute Gasteiger partial charge is 0.296 e. The summed E-state index contributed by atoms with van der Waals surface area (Å²) in [5, 5.41) is 11.8. The molecule has 0 aliphatic heterocycles. The molecule has 0 aliphatic carbocycles. The molecule has 24 heavy (non-hydrogen) atoms. The van der Waals surface area contributed by atoms with Crippen LogP contribution in [0.4, 0.5) is 0 Å². The van der Waals surface area contributed by atoms with Crippen molar-refractivity contribution in [2.45, 2.75) is 39.0 Å². The summed E-state index contributed by atoms with van der Waals surface area (Å²) >= 11 is 0. The molecule has 5 nitrogen and oxygen atoms in total. The van der Waals surface area contributed by atoms with Crippen LogP contribution in [0.25, 0.3) is 0 Å². The molecule has 0 bridgehead atoms. The Bertz CT molecular complexity index is 687. The Morgan fingerprint density at radius 3 is 2.33 bits per heavy atom. The molecule has 0 radical (unpaired) electrons. The summed E-state index contributed by atoms with van der Waals surface area (Å²) in [5.74, 6) is -0.677. The van der Waals surface area contributed by atoms with E-state index in [1.54, 1.807) is 32.9 Å². The van der Waals surface area contributed by atoms with E-state index in [4.69, 9.17) is 8.92 Å². The molecule has 0 aromatic heterocycles. The number of hydrogen-bond donors (Lipinski definition) is 0. The second kappa shape index (κ2) is 8.89. The first-order chi connectivity index (χ1) is 11.2. The zero-order valence-corrected chi connectivity index (χ0v) is 15.5. The molecule has 0 saturated heterocycles. The van der Waals surface area contributed by atoms with Crippen LogP contribution in [0.1, 0.15) is 32.8 Å². The maximum absolute atomic E-state index is 12.2. The molecule has 1 aromatic carbocycles. The van der Waals surface area contributed by atoms with Crippen LogP contribution in [0.15, 0.2) is 52.8 Å². The van der Waals surface area contributed by atoms with E-state index < -0.39 is 16.1 Å². The molecule has 0 spiro atoms. The lowest BCUT2D eigenvalue weighted by atomic mass is 9.91. The van der Waals surface area contributed by atoms with Crippen LogP contribution in [0.5, 0.6) is 0 Å². The third-order valence-electron chi connectivity index (χ3n) is 3.67. The Morgan fingerprint density at radius 1 is 1.25 bits per heavy atom. The quantitative estimate of drug-likeness (QED) is 0.388. The first-order valence-corrected chi connectivity index (χ1v) is 9.22. The Morgan fingerprint density at radius 2 is 1.83 bits per heavy atom. The molecule has 1 atom stereocenters. The van der Waals surface area contributed by atoms with Crippen molar-refractivity contribution in [2.24, 2.45) is 5.92 Å². The maximum Gasteiger partial charge on any atom is 0.296 e. The van der Waals surface area contributed by atoms with Gasteiger partial charge in [-0.05, 0) is 51.5 Å². The van der Waals surface area contributed by atoms with Crippen LogP contribution >= 0.6 is 0 Å². The molecule has 6 heteroatoms. The molecular formula is C18H25O5S-. The second-order valence-electron chi connectivity index (χ2n) is 5.68. The van der Waals surface area contributed by atoms with Gasteiger partial charge in [-0.2, -0.15) is 8.42 Å². The van der Waals surface area contributed by atoms with Crippen LogP contribution in [0.3, 0.4) is 0 Å².